The Hall–Kier alpha value is -2.42. The summed E-state index contributed by atoms with van der Waals surface area (Å²) in [5.74, 6) is 0.0300. The summed E-state index contributed by atoms with van der Waals surface area (Å²) in [5.41, 5.74) is 4.94. The predicted molar refractivity (Wildman–Crippen MR) is 145 cm³/mol. The molecule has 1 N–H and O–H groups in total. The van der Waals surface area contributed by atoms with Crippen molar-refractivity contribution in [1.82, 2.24) is 9.55 Å². The number of fused-ring (bicyclic) bond motifs is 3. The van der Waals surface area contributed by atoms with Crippen molar-refractivity contribution < 1.29 is 4.79 Å². The number of thiophene rings is 1. The van der Waals surface area contributed by atoms with Crippen LogP contribution in [-0.4, -0.2) is 21.2 Å². The van der Waals surface area contributed by atoms with Gasteiger partial charge in [0.1, 0.15) is 4.83 Å². The number of hydrogen-bond donors (Lipinski definition) is 1. The molecule has 0 aliphatic heterocycles. The monoisotopic (exact) mass is 553 g/mol. The number of nitrogens with one attached hydrogen (secondary N) is 1. The highest BCUT2D eigenvalue weighted by Crippen LogP contribution is 2.35. The van der Waals surface area contributed by atoms with Crippen molar-refractivity contribution in [2.24, 2.45) is 0 Å². The maximum absolute atomic E-state index is 13.8. The van der Waals surface area contributed by atoms with E-state index in [2.05, 4.69) is 21.2 Å². The largest absolute Gasteiger partial charge is 0.325 e. The number of benzene rings is 2. The Labute approximate surface area is 214 Å². The third kappa shape index (κ3) is 4.59. The van der Waals surface area contributed by atoms with Gasteiger partial charge in [0.05, 0.1) is 16.8 Å². The van der Waals surface area contributed by atoms with Gasteiger partial charge in [0.15, 0.2) is 5.16 Å². The first kappa shape index (κ1) is 23.3. The summed E-state index contributed by atoms with van der Waals surface area (Å²) in [6.07, 6.45) is 4.19. The standard InChI is InChI=1S/C26H24BrN3O2S2/c1-15-7-10-18(13-16(15)2)28-22(31)14-33-26-29-24-23(20-5-3-4-6-21(20)34-24)25(32)30(26)19-11-8-17(27)9-12-19/h7-13H,3-6,14H2,1-2H3,(H,28,31). The summed E-state index contributed by atoms with van der Waals surface area (Å²) in [7, 11) is 0. The SMILES string of the molecule is Cc1ccc(NC(=O)CSc2nc3sc4c(c3c(=O)n2-c2ccc(Br)cc2)CCCC4)cc1C. The summed E-state index contributed by atoms with van der Waals surface area (Å²) >= 11 is 6.39. The molecule has 0 unspecified atom stereocenters. The van der Waals surface area contributed by atoms with E-state index in [1.165, 1.54) is 27.8 Å². The van der Waals surface area contributed by atoms with E-state index in [9.17, 15) is 9.59 Å². The minimum absolute atomic E-state index is 0.0520. The van der Waals surface area contributed by atoms with Crippen molar-refractivity contribution in [3.8, 4) is 5.69 Å². The number of hydrogen-bond acceptors (Lipinski definition) is 5. The molecule has 34 heavy (non-hydrogen) atoms. The zero-order chi connectivity index (χ0) is 23.8. The molecule has 1 amide bonds. The van der Waals surface area contributed by atoms with Crippen LogP contribution < -0.4 is 10.9 Å². The van der Waals surface area contributed by atoms with Crippen molar-refractivity contribution in [3.63, 3.8) is 0 Å². The van der Waals surface area contributed by atoms with E-state index in [0.29, 0.717) is 5.16 Å². The summed E-state index contributed by atoms with van der Waals surface area (Å²) in [6.45, 7) is 4.07. The number of nitrogens with zero attached hydrogens (tertiary/aromatic N) is 2. The smallest absolute Gasteiger partial charge is 0.267 e. The predicted octanol–water partition coefficient (Wildman–Crippen LogP) is 6.44. The zero-order valence-electron chi connectivity index (χ0n) is 19.0. The first-order chi connectivity index (χ1) is 16.4. The topological polar surface area (TPSA) is 64.0 Å². The van der Waals surface area contributed by atoms with E-state index in [1.54, 1.807) is 15.9 Å². The van der Waals surface area contributed by atoms with Crippen molar-refractivity contribution >= 4 is 60.8 Å². The number of carbonyl (C=O) groups excluding carboxylic acids is 1. The summed E-state index contributed by atoms with van der Waals surface area (Å²) in [4.78, 5) is 33.5. The molecule has 5 rings (SSSR count). The molecular formula is C26H24BrN3O2S2. The van der Waals surface area contributed by atoms with Crippen molar-refractivity contribution in [2.45, 2.75) is 44.7 Å². The number of rotatable bonds is 5. The van der Waals surface area contributed by atoms with E-state index in [4.69, 9.17) is 4.98 Å². The Kier molecular flexibility index (Phi) is 6.64. The van der Waals surface area contributed by atoms with Crippen molar-refractivity contribution in [2.75, 3.05) is 11.1 Å². The van der Waals surface area contributed by atoms with Crippen LogP contribution in [0.3, 0.4) is 0 Å². The average molecular weight is 555 g/mol. The van der Waals surface area contributed by atoms with Gasteiger partial charge < -0.3 is 5.32 Å². The van der Waals surface area contributed by atoms with Gasteiger partial charge in [-0.05, 0) is 92.6 Å². The summed E-state index contributed by atoms with van der Waals surface area (Å²) < 4.78 is 2.60. The minimum atomic E-state index is -0.129. The number of aromatic nitrogens is 2. The minimum Gasteiger partial charge on any atom is -0.325 e. The van der Waals surface area contributed by atoms with Gasteiger partial charge >= 0.3 is 0 Å². The molecule has 0 radical (unpaired) electrons. The Bertz CT molecular complexity index is 1460. The summed E-state index contributed by atoms with van der Waals surface area (Å²) in [5, 5.41) is 4.24. The Morgan fingerprint density at radius 2 is 1.88 bits per heavy atom. The van der Waals surface area contributed by atoms with Crippen LogP contribution in [0.15, 0.2) is 56.9 Å². The molecule has 0 bridgehead atoms. The molecule has 8 heteroatoms. The first-order valence-electron chi connectivity index (χ1n) is 11.2. The molecule has 2 aromatic heterocycles. The lowest BCUT2D eigenvalue weighted by molar-refractivity contribution is -0.113. The molecule has 5 nitrogen and oxygen atoms in total. The fourth-order valence-corrected chi connectivity index (χ4v) is 6.63. The summed E-state index contributed by atoms with van der Waals surface area (Å²) in [6, 6.07) is 13.5. The number of amides is 1. The molecule has 4 aromatic rings. The fraction of sp³-hybridized carbons (Fsp3) is 0.269. The molecule has 1 aliphatic rings. The van der Waals surface area contributed by atoms with E-state index >= 15 is 0 Å². The van der Waals surface area contributed by atoms with Crippen molar-refractivity contribution in [1.29, 1.82) is 0 Å². The van der Waals surface area contributed by atoms with Crippen LogP contribution in [-0.2, 0) is 17.6 Å². The Balaban J connectivity index is 1.50. The highest BCUT2D eigenvalue weighted by atomic mass is 79.9. The van der Waals surface area contributed by atoms with Gasteiger partial charge in [-0.15, -0.1) is 11.3 Å². The van der Waals surface area contributed by atoms with E-state index < -0.39 is 0 Å². The van der Waals surface area contributed by atoms with E-state index in [1.807, 2.05) is 56.3 Å². The van der Waals surface area contributed by atoms with Crippen LogP contribution in [0.25, 0.3) is 15.9 Å². The van der Waals surface area contributed by atoms with Crippen LogP contribution in [0.2, 0.25) is 0 Å². The molecule has 0 saturated heterocycles. The van der Waals surface area contributed by atoms with Gasteiger partial charge in [0.25, 0.3) is 5.56 Å². The number of carbonyl (C=O) groups is 1. The average Bonchev–Trinajstić information content (AvgIpc) is 3.20. The maximum atomic E-state index is 13.8. The third-order valence-corrected chi connectivity index (χ3v) is 8.82. The van der Waals surface area contributed by atoms with Crippen LogP contribution >= 0.6 is 39.0 Å². The molecule has 2 heterocycles. The van der Waals surface area contributed by atoms with E-state index in [-0.39, 0.29) is 17.2 Å². The Morgan fingerprint density at radius 3 is 2.65 bits per heavy atom. The lowest BCUT2D eigenvalue weighted by Crippen LogP contribution is -2.23. The Morgan fingerprint density at radius 1 is 1.12 bits per heavy atom. The van der Waals surface area contributed by atoms with Crippen LogP contribution in [0.5, 0.6) is 0 Å². The molecule has 174 valence electrons. The maximum Gasteiger partial charge on any atom is 0.267 e. The molecule has 0 spiro atoms. The zero-order valence-corrected chi connectivity index (χ0v) is 22.2. The van der Waals surface area contributed by atoms with E-state index in [0.717, 1.165) is 57.3 Å². The first-order valence-corrected chi connectivity index (χ1v) is 13.8. The number of thioether (sulfide) groups is 1. The van der Waals surface area contributed by atoms with Gasteiger partial charge in [0.2, 0.25) is 5.91 Å². The molecule has 2 aromatic carbocycles. The molecule has 1 aliphatic carbocycles. The van der Waals surface area contributed by atoms with Gasteiger partial charge in [0, 0.05) is 15.0 Å². The third-order valence-electron chi connectivity index (χ3n) is 6.17. The molecule has 0 fully saturated rings. The normalized spacial score (nSPS) is 13.1. The fourth-order valence-electron chi connectivity index (χ4n) is 4.25. The second-order valence-corrected chi connectivity index (χ2v) is 11.5. The van der Waals surface area contributed by atoms with Crippen LogP contribution in [0.1, 0.15) is 34.4 Å². The number of halogens is 1. The lowest BCUT2D eigenvalue weighted by Gasteiger charge is -2.14. The highest BCUT2D eigenvalue weighted by Gasteiger charge is 2.23. The van der Waals surface area contributed by atoms with Gasteiger partial charge in [-0.2, -0.15) is 0 Å². The van der Waals surface area contributed by atoms with Gasteiger partial charge in [-0.3, -0.25) is 14.2 Å². The quantitative estimate of drug-likeness (QED) is 0.228. The van der Waals surface area contributed by atoms with Crippen molar-refractivity contribution in [3.05, 3.63) is 78.9 Å². The van der Waals surface area contributed by atoms with Crippen LogP contribution in [0.4, 0.5) is 5.69 Å². The lowest BCUT2D eigenvalue weighted by atomic mass is 9.97. The second-order valence-electron chi connectivity index (χ2n) is 8.54. The van der Waals surface area contributed by atoms with Gasteiger partial charge in [-0.25, -0.2) is 4.98 Å². The molecular weight excluding hydrogens is 530 g/mol. The molecule has 0 atom stereocenters. The number of aryl methyl sites for hydroxylation is 4. The number of anilines is 1. The van der Waals surface area contributed by atoms with Gasteiger partial charge in [-0.1, -0.05) is 33.8 Å². The second kappa shape index (κ2) is 9.68. The molecule has 0 saturated carbocycles. The highest BCUT2D eigenvalue weighted by molar-refractivity contribution is 9.10. The van der Waals surface area contributed by atoms with Crippen LogP contribution in [0, 0.1) is 13.8 Å².